The molecule has 30 heavy (non-hydrogen) atoms. The van der Waals surface area contributed by atoms with E-state index in [-0.39, 0.29) is 17.2 Å². The molecule has 0 atom stereocenters. The molecule has 2 aromatic heterocycles. The largest absolute Gasteiger partial charge is 0.497 e. The van der Waals surface area contributed by atoms with E-state index in [0.717, 1.165) is 22.2 Å². The Labute approximate surface area is 177 Å². The van der Waals surface area contributed by atoms with Gasteiger partial charge in [0.1, 0.15) is 16.8 Å². The first kappa shape index (κ1) is 20.0. The van der Waals surface area contributed by atoms with E-state index in [1.165, 1.54) is 16.3 Å². The second-order valence-corrected chi connectivity index (χ2v) is 7.99. The number of ether oxygens (including phenoxy) is 1. The van der Waals surface area contributed by atoms with Crippen molar-refractivity contribution in [3.8, 4) is 5.75 Å². The lowest BCUT2D eigenvalue weighted by atomic mass is 10.2. The summed E-state index contributed by atoms with van der Waals surface area (Å²) in [5.74, 6) is 0.696. The molecule has 0 unspecified atom stereocenters. The lowest BCUT2D eigenvalue weighted by Crippen LogP contribution is -2.22. The molecule has 0 radical (unpaired) electrons. The molecular weight excluding hydrogens is 400 g/mol. The molecule has 0 saturated carbocycles. The van der Waals surface area contributed by atoms with Crippen LogP contribution in [0.3, 0.4) is 0 Å². The molecule has 4 aromatic rings. The average Bonchev–Trinajstić information content (AvgIpc) is 3.02. The Morgan fingerprint density at radius 1 is 1.17 bits per heavy atom. The van der Waals surface area contributed by atoms with Crippen LogP contribution in [0, 0.1) is 6.92 Å². The third kappa shape index (κ3) is 3.43. The summed E-state index contributed by atoms with van der Waals surface area (Å²) in [6.07, 6.45) is 0. The fourth-order valence-corrected chi connectivity index (χ4v) is 4.23. The molecule has 0 spiro atoms. The third-order valence-corrected chi connectivity index (χ3v) is 6.16. The van der Waals surface area contributed by atoms with Crippen LogP contribution in [0.5, 0.6) is 5.75 Å². The first-order chi connectivity index (χ1) is 14.4. The zero-order valence-corrected chi connectivity index (χ0v) is 18.0. The number of aryl methyl sites for hydroxylation is 2. The van der Waals surface area contributed by atoms with Gasteiger partial charge in [0.15, 0.2) is 5.16 Å². The average molecular weight is 423 g/mol. The van der Waals surface area contributed by atoms with Crippen molar-refractivity contribution >= 4 is 45.3 Å². The van der Waals surface area contributed by atoms with Gasteiger partial charge >= 0.3 is 0 Å². The number of amides is 1. The number of benzene rings is 2. The van der Waals surface area contributed by atoms with E-state index in [0.29, 0.717) is 21.9 Å². The van der Waals surface area contributed by atoms with E-state index in [4.69, 9.17) is 9.72 Å². The fourth-order valence-electron chi connectivity index (χ4n) is 3.46. The Balaban J connectivity index is 1.68. The van der Waals surface area contributed by atoms with Gasteiger partial charge in [-0.2, -0.15) is 0 Å². The number of nitrogens with zero attached hydrogens (tertiary/aromatic N) is 3. The van der Waals surface area contributed by atoms with Gasteiger partial charge in [0.25, 0.3) is 5.56 Å². The lowest BCUT2D eigenvalue weighted by molar-refractivity contribution is -0.113. The number of nitrogens with one attached hydrogen (secondary N) is 1. The Hall–Kier alpha value is -3.26. The van der Waals surface area contributed by atoms with E-state index in [9.17, 15) is 9.59 Å². The maximum atomic E-state index is 13.0. The monoisotopic (exact) mass is 422 g/mol. The number of rotatable bonds is 5. The predicted molar refractivity (Wildman–Crippen MR) is 121 cm³/mol. The number of aromatic nitrogens is 3. The smallest absolute Gasteiger partial charge is 0.278 e. The van der Waals surface area contributed by atoms with Crippen molar-refractivity contribution < 1.29 is 9.53 Å². The van der Waals surface area contributed by atoms with Crippen LogP contribution in [0.15, 0.2) is 52.4 Å². The molecule has 2 heterocycles. The minimum absolute atomic E-state index is 0.147. The highest BCUT2D eigenvalue weighted by atomic mass is 32.2. The maximum absolute atomic E-state index is 13.0. The van der Waals surface area contributed by atoms with Gasteiger partial charge in [-0.3, -0.25) is 14.2 Å². The highest BCUT2D eigenvalue weighted by molar-refractivity contribution is 7.99. The van der Waals surface area contributed by atoms with E-state index in [2.05, 4.69) is 5.32 Å². The quantitative estimate of drug-likeness (QED) is 0.394. The van der Waals surface area contributed by atoms with Crippen LogP contribution in [0.4, 0.5) is 5.69 Å². The predicted octanol–water partition coefficient (Wildman–Crippen LogP) is 3.47. The van der Waals surface area contributed by atoms with E-state index in [1.54, 1.807) is 14.2 Å². The molecule has 0 aliphatic carbocycles. The lowest BCUT2D eigenvalue weighted by Gasteiger charge is -2.09. The number of hydrogen-bond acceptors (Lipinski definition) is 5. The second-order valence-electron chi connectivity index (χ2n) is 7.05. The van der Waals surface area contributed by atoms with Gasteiger partial charge < -0.3 is 14.6 Å². The summed E-state index contributed by atoms with van der Waals surface area (Å²) in [4.78, 5) is 30.2. The van der Waals surface area contributed by atoms with Gasteiger partial charge in [-0.05, 0) is 36.8 Å². The van der Waals surface area contributed by atoms with Crippen molar-refractivity contribution in [1.82, 2.24) is 14.1 Å². The first-order valence-electron chi connectivity index (χ1n) is 9.42. The number of para-hydroxylation sites is 1. The van der Waals surface area contributed by atoms with Crippen molar-refractivity contribution in [2.45, 2.75) is 12.1 Å². The molecule has 7 nitrogen and oxygen atoms in total. The Kier molecular flexibility index (Phi) is 5.26. The van der Waals surface area contributed by atoms with Crippen LogP contribution in [0.25, 0.3) is 21.9 Å². The summed E-state index contributed by atoms with van der Waals surface area (Å²) in [6, 6.07) is 13.3. The zero-order chi connectivity index (χ0) is 21.4. The third-order valence-electron chi connectivity index (χ3n) is 5.13. The molecule has 154 valence electrons. The van der Waals surface area contributed by atoms with Crippen LogP contribution >= 0.6 is 11.8 Å². The molecular formula is C22H22N4O3S. The number of fused-ring (bicyclic) bond motifs is 3. The number of hydrogen-bond donors (Lipinski definition) is 1. The molecule has 1 amide bonds. The van der Waals surface area contributed by atoms with Crippen molar-refractivity contribution in [3.05, 3.63) is 58.4 Å². The molecule has 0 aliphatic heterocycles. The Bertz CT molecular complexity index is 1340. The molecule has 8 heteroatoms. The Morgan fingerprint density at radius 2 is 1.93 bits per heavy atom. The molecule has 2 aromatic carbocycles. The SMILES string of the molecule is COc1ccc2c(c1)c1nc(SCC(=O)Nc3ccccc3C)n(C)c(=O)c1n2C. The van der Waals surface area contributed by atoms with Crippen LogP contribution in [0.2, 0.25) is 0 Å². The highest BCUT2D eigenvalue weighted by Crippen LogP contribution is 2.29. The van der Waals surface area contributed by atoms with Crippen LogP contribution < -0.4 is 15.6 Å². The van der Waals surface area contributed by atoms with Crippen molar-refractivity contribution in [2.75, 3.05) is 18.2 Å². The van der Waals surface area contributed by atoms with E-state index < -0.39 is 0 Å². The summed E-state index contributed by atoms with van der Waals surface area (Å²) in [6.45, 7) is 1.94. The second kappa shape index (κ2) is 7.87. The number of thioether (sulfide) groups is 1. The van der Waals surface area contributed by atoms with Gasteiger partial charge in [-0.15, -0.1) is 0 Å². The molecule has 1 N–H and O–H groups in total. The van der Waals surface area contributed by atoms with E-state index >= 15 is 0 Å². The van der Waals surface area contributed by atoms with Gasteiger partial charge in [-0.1, -0.05) is 30.0 Å². The van der Waals surface area contributed by atoms with Gasteiger partial charge in [0.2, 0.25) is 5.91 Å². The number of anilines is 1. The summed E-state index contributed by atoms with van der Waals surface area (Å²) >= 11 is 1.24. The minimum atomic E-state index is -0.153. The summed E-state index contributed by atoms with van der Waals surface area (Å²) in [7, 11) is 5.13. The fraction of sp³-hybridized carbons (Fsp3) is 0.227. The molecule has 0 bridgehead atoms. The zero-order valence-electron chi connectivity index (χ0n) is 17.2. The Morgan fingerprint density at radius 3 is 2.67 bits per heavy atom. The number of carbonyl (C=O) groups excluding carboxylic acids is 1. The van der Waals surface area contributed by atoms with Crippen molar-refractivity contribution in [2.24, 2.45) is 14.1 Å². The standard InChI is InChI=1S/C22H22N4O3S/c1-13-7-5-6-8-16(13)23-18(27)12-30-22-24-19-15-11-14(29-4)9-10-17(15)25(2)20(19)21(28)26(22)3/h5-11H,12H2,1-4H3,(H,23,27). The summed E-state index contributed by atoms with van der Waals surface area (Å²) in [5.41, 5.74) is 3.65. The van der Waals surface area contributed by atoms with Gasteiger partial charge in [0, 0.05) is 25.2 Å². The van der Waals surface area contributed by atoms with Crippen LogP contribution in [0.1, 0.15) is 5.56 Å². The highest BCUT2D eigenvalue weighted by Gasteiger charge is 2.18. The normalized spacial score (nSPS) is 11.2. The number of carbonyl (C=O) groups is 1. The molecule has 4 rings (SSSR count). The van der Waals surface area contributed by atoms with Crippen LogP contribution in [-0.4, -0.2) is 32.9 Å². The first-order valence-corrected chi connectivity index (χ1v) is 10.4. The molecule has 0 fully saturated rings. The molecule has 0 aliphatic rings. The minimum Gasteiger partial charge on any atom is -0.497 e. The number of methoxy groups -OCH3 is 1. The van der Waals surface area contributed by atoms with Gasteiger partial charge in [-0.25, -0.2) is 4.98 Å². The van der Waals surface area contributed by atoms with Crippen molar-refractivity contribution in [3.63, 3.8) is 0 Å². The summed E-state index contributed by atoms with van der Waals surface area (Å²) < 4.78 is 8.67. The van der Waals surface area contributed by atoms with E-state index in [1.807, 2.05) is 61.0 Å². The maximum Gasteiger partial charge on any atom is 0.278 e. The van der Waals surface area contributed by atoms with Crippen molar-refractivity contribution in [1.29, 1.82) is 0 Å². The topological polar surface area (TPSA) is 78.2 Å². The van der Waals surface area contributed by atoms with Crippen LogP contribution in [-0.2, 0) is 18.9 Å². The summed E-state index contributed by atoms with van der Waals surface area (Å²) in [5, 5.41) is 4.24. The van der Waals surface area contributed by atoms with Gasteiger partial charge in [0.05, 0.1) is 18.4 Å². The molecule has 0 saturated heterocycles.